The minimum Gasteiger partial charge on any atom is -0.481 e. The molecule has 0 saturated carbocycles. The molecule has 0 aliphatic rings. The lowest BCUT2D eigenvalue weighted by Crippen LogP contribution is -2.33. The molecule has 1 heterocycles. The molecule has 0 saturated heterocycles. The second kappa shape index (κ2) is 5.47. The van der Waals surface area contributed by atoms with Crippen molar-refractivity contribution in [1.29, 1.82) is 0 Å². The zero-order valence-electron chi connectivity index (χ0n) is 10.3. The highest BCUT2D eigenvalue weighted by Gasteiger charge is 2.19. The minimum absolute atomic E-state index is 0.0428. The Morgan fingerprint density at radius 3 is 2.59 bits per heavy atom. The second-order valence-corrected chi connectivity index (χ2v) is 3.83. The first-order valence-electron chi connectivity index (χ1n) is 5.47. The van der Waals surface area contributed by atoms with Crippen LogP contribution in [-0.2, 0) is 11.8 Å². The van der Waals surface area contributed by atoms with E-state index >= 15 is 0 Å². The lowest BCUT2D eigenvalue weighted by molar-refractivity contribution is -0.137. The summed E-state index contributed by atoms with van der Waals surface area (Å²) < 4.78 is 1.58. The molecule has 1 rings (SSSR count). The van der Waals surface area contributed by atoms with Crippen LogP contribution in [0.2, 0.25) is 0 Å². The number of amides is 1. The Morgan fingerprint density at radius 1 is 1.53 bits per heavy atom. The Hall–Kier alpha value is -1.85. The highest BCUT2D eigenvalue weighted by Crippen LogP contribution is 2.09. The van der Waals surface area contributed by atoms with Gasteiger partial charge in [0.1, 0.15) is 0 Å². The summed E-state index contributed by atoms with van der Waals surface area (Å²) in [5.41, 5.74) is 1.19. The molecule has 1 N–H and O–H groups in total. The van der Waals surface area contributed by atoms with Crippen molar-refractivity contribution in [2.45, 2.75) is 20.3 Å². The molecule has 0 spiro atoms. The number of carboxylic acids is 1. The molecule has 0 aliphatic carbocycles. The molecule has 0 aliphatic heterocycles. The van der Waals surface area contributed by atoms with Crippen LogP contribution < -0.4 is 0 Å². The average Bonchev–Trinajstić information content (AvgIpc) is 2.58. The van der Waals surface area contributed by atoms with E-state index in [-0.39, 0.29) is 18.9 Å². The van der Waals surface area contributed by atoms with E-state index in [1.807, 2.05) is 6.92 Å². The average molecular weight is 239 g/mol. The standard InChI is InChI=1S/C11H17N3O3/c1-4-14(6-5-10(15)16)11(17)9-7-13(3)12-8(9)2/h7H,4-6H2,1-3H3,(H,15,16). The third kappa shape index (κ3) is 3.30. The highest BCUT2D eigenvalue weighted by molar-refractivity contribution is 5.95. The Bertz CT molecular complexity index is 426. The number of carboxylic acid groups (broad SMARTS) is 1. The normalized spacial score (nSPS) is 10.3. The van der Waals surface area contributed by atoms with Crippen LogP contribution in [0.15, 0.2) is 6.20 Å². The third-order valence-corrected chi connectivity index (χ3v) is 2.51. The Kier molecular flexibility index (Phi) is 4.25. The number of rotatable bonds is 5. The van der Waals surface area contributed by atoms with Crippen molar-refractivity contribution >= 4 is 11.9 Å². The molecule has 0 radical (unpaired) electrons. The van der Waals surface area contributed by atoms with Crippen LogP contribution in [0, 0.1) is 6.92 Å². The number of aryl methyl sites for hydroxylation is 2. The zero-order chi connectivity index (χ0) is 13.0. The molecule has 6 nitrogen and oxygen atoms in total. The summed E-state index contributed by atoms with van der Waals surface area (Å²) >= 11 is 0. The Morgan fingerprint density at radius 2 is 2.18 bits per heavy atom. The monoisotopic (exact) mass is 239 g/mol. The van der Waals surface area contributed by atoms with Crippen molar-refractivity contribution in [3.63, 3.8) is 0 Å². The summed E-state index contributed by atoms with van der Waals surface area (Å²) in [6.07, 6.45) is 1.61. The van der Waals surface area contributed by atoms with Crippen LogP contribution in [0.4, 0.5) is 0 Å². The zero-order valence-corrected chi connectivity index (χ0v) is 10.3. The smallest absolute Gasteiger partial charge is 0.305 e. The lowest BCUT2D eigenvalue weighted by atomic mass is 10.2. The quantitative estimate of drug-likeness (QED) is 0.819. The maximum atomic E-state index is 12.1. The predicted octanol–water partition coefficient (Wildman–Crippen LogP) is 0.665. The van der Waals surface area contributed by atoms with Gasteiger partial charge in [-0.05, 0) is 13.8 Å². The first-order chi connectivity index (χ1) is 7.95. The number of aromatic nitrogens is 2. The minimum atomic E-state index is -0.904. The number of hydrogen-bond acceptors (Lipinski definition) is 3. The summed E-state index contributed by atoms with van der Waals surface area (Å²) in [6.45, 7) is 4.29. The number of carbonyl (C=O) groups excluding carboxylic acids is 1. The van der Waals surface area contributed by atoms with Gasteiger partial charge in [-0.3, -0.25) is 14.3 Å². The van der Waals surface area contributed by atoms with E-state index in [2.05, 4.69) is 5.10 Å². The van der Waals surface area contributed by atoms with E-state index in [9.17, 15) is 9.59 Å². The van der Waals surface area contributed by atoms with E-state index in [0.717, 1.165) is 0 Å². The molecule has 0 atom stereocenters. The van der Waals surface area contributed by atoms with E-state index < -0.39 is 5.97 Å². The van der Waals surface area contributed by atoms with E-state index in [1.54, 1.807) is 24.9 Å². The maximum absolute atomic E-state index is 12.1. The summed E-state index contributed by atoms with van der Waals surface area (Å²) in [5, 5.41) is 12.7. The second-order valence-electron chi connectivity index (χ2n) is 3.83. The molecule has 0 aromatic carbocycles. The fraction of sp³-hybridized carbons (Fsp3) is 0.545. The predicted molar refractivity (Wildman–Crippen MR) is 61.8 cm³/mol. The van der Waals surface area contributed by atoms with Crippen LogP contribution in [0.1, 0.15) is 29.4 Å². The summed E-state index contributed by atoms with van der Waals surface area (Å²) in [7, 11) is 1.75. The van der Waals surface area contributed by atoms with Crippen molar-refractivity contribution in [1.82, 2.24) is 14.7 Å². The Balaban J connectivity index is 2.79. The van der Waals surface area contributed by atoms with Crippen LogP contribution in [-0.4, -0.2) is 44.8 Å². The van der Waals surface area contributed by atoms with Crippen LogP contribution in [0.5, 0.6) is 0 Å². The van der Waals surface area contributed by atoms with Crippen molar-refractivity contribution < 1.29 is 14.7 Å². The van der Waals surface area contributed by atoms with Crippen LogP contribution in [0.3, 0.4) is 0 Å². The number of nitrogens with zero attached hydrogens (tertiary/aromatic N) is 3. The van der Waals surface area contributed by atoms with Crippen molar-refractivity contribution in [3.8, 4) is 0 Å². The van der Waals surface area contributed by atoms with Gasteiger partial charge in [0.25, 0.3) is 5.91 Å². The van der Waals surface area contributed by atoms with Crippen molar-refractivity contribution in [2.75, 3.05) is 13.1 Å². The molecule has 0 fully saturated rings. The fourth-order valence-electron chi connectivity index (χ4n) is 1.61. The molecular weight excluding hydrogens is 222 g/mol. The van der Waals surface area contributed by atoms with Crippen LogP contribution in [0.25, 0.3) is 0 Å². The van der Waals surface area contributed by atoms with Gasteiger partial charge < -0.3 is 10.0 Å². The lowest BCUT2D eigenvalue weighted by Gasteiger charge is -2.19. The first kappa shape index (κ1) is 13.2. The molecule has 1 aromatic rings. The Labute approximate surface area is 99.8 Å². The third-order valence-electron chi connectivity index (χ3n) is 2.51. The molecule has 6 heteroatoms. The van der Waals surface area contributed by atoms with Gasteiger partial charge in [0, 0.05) is 26.3 Å². The van der Waals surface area contributed by atoms with Gasteiger partial charge in [-0.15, -0.1) is 0 Å². The van der Waals surface area contributed by atoms with Gasteiger partial charge in [-0.25, -0.2) is 0 Å². The largest absolute Gasteiger partial charge is 0.481 e. The van der Waals surface area contributed by atoms with Crippen LogP contribution >= 0.6 is 0 Å². The molecule has 17 heavy (non-hydrogen) atoms. The molecule has 0 bridgehead atoms. The van der Waals surface area contributed by atoms with Gasteiger partial charge in [-0.1, -0.05) is 0 Å². The summed E-state index contributed by atoms with van der Waals surface area (Å²) in [6, 6.07) is 0. The summed E-state index contributed by atoms with van der Waals surface area (Å²) in [4.78, 5) is 24.1. The van der Waals surface area contributed by atoms with Gasteiger partial charge in [0.05, 0.1) is 17.7 Å². The molecule has 1 amide bonds. The SMILES string of the molecule is CCN(CCC(=O)O)C(=O)c1cn(C)nc1C. The van der Waals surface area contributed by atoms with E-state index in [4.69, 9.17) is 5.11 Å². The summed E-state index contributed by atoms with van der Waals surface area (Å²) in [5.74, 6) is -1.07. The number of carbonyl (C=O) groups is 2. The number of hydrogen-bond donors (Lipinski definition) is 1. The van der Waals surface area contributed by atoms with Crippen molar-refractivity contribution in [2.24, 2.45) is 7.05 Å². The molecule has 94 valence electrons. The topological polar surface area (TPSA) is 75.4 Å². The molecular formula is C11H17N3O3. The maximum Gasteiger partial charge on any atom is 0.305 e. The number of aliphatic carboxylic acids is 1. The van der Waals surface area contributed by atoms with Gasteiger partial charge in [0.15, 0.2) is 0 Å². The van der Waals surface area contributed by atoms with Gasteiger partial charge >= 0.3 is 5.97 Å². The molecule has 1 aromatic heterocycles. The van der Waals surface area contributed by atoms with E-state index in [1.165, 1.54) is 4.90 Å². The fourth-order valence-corrected chi connectivity index (χ4v) is 1.61. The van der Waals surface area contributed by atoms with Gasteiger partial charge in [0.2, 0.25) is 0 Å². The van der Waals surface area contributed by atoms with Crippen molar-refractivity contribution in [3.05, 3.63) is 17.5 Å². The molecule has 0 unspecified atom stereocenters. The highest BCUT2D eigenvalue weighted by atomic mass is 16.4. The van der Waals surface area contributed by atoms with E-state index in [0.29, 0.717) is 17.8 Å². The first-order valence-corrected chi connectivity index (χ1v) is 5.47. The van der Waals surface area contributed by atoms with Gasteiger partial charge in [-0.2, -0.15) is 5.10 Å².